The van der Waals surface area contributed by atoms with Crippen LogP contribution in [0.15, 0.2) is 18.2 Å². The molecule has 1 fully saturated rings. The predicted molar refractivity (Wildman–Crippen MR) is 79.7 cm³/mol. The Kier molecular flexibility index (Phi) is 5.17. The number of nitrogens with one attached hydrogen (secondary N) is 2. The number of aliphatic hydroxyl groups is 1. The Hall–Kier alpha value is -1.62. The normalized spacial score (nSPS) is 16.7. The van der Waals surface area contributed by atoms with Gasteiger partial charge in [0.1, 0.15) is 5.82 Å². The minimum atomic E-state index is -0.449. The Balaban J connectivity index is 1.79. The Labute approximate surface area is 124 Å². The molecule has 0 unspecified atom stereocenters. The van der Waals surface area contributed by atoms with Crippen LogP contribution < -0.4 is 10.6 Å². The molecule has 5 heteroatoms. The number of aryl methyl sites for hydroxylation is 1. The van der Waals surface area contributed by atoms with E-state index in [1.807, 2.05) is 6.92 Å². The van der Waals surface area contributed by atoms with Crippen molar-refractivity contribution in [2.24, 2.45) is 0 Å². The Morgan fingerprint density at radius 1 is 1.38 bits per heavy atom. The zero-order valence-electron chi connectivity index (χ0n) is 12.4. The molecule has 4 nitrogen and oxygen atoms in total. The van der Waals surface area contributed by atoms with E-state index in [0.29, 0.717) is 13.0 Å². The van der Waals surface area contributed by atoms with Gasteiger partial charge in [-0.15, -0.1) is 0 Å². The minimum absolute atomic E-state index is 0.0164. The Morgan fingerprint density at radius 3 is 2.71 bits per heavy atom. The Morgan fingerprint density at radius 2 is 2.10 bits per heavy atom. The molecule has 1 aromatic carbocycles. The number of hydrogen-bond acceptors (Lipinski definition) is 2. The number of carbonyl (C=O) groups is 1. The molecule has 1 aromatic rings. The highest BCUT2D eigenvalue weighted by molar-refractivity contribution is 5.74. The lowest BCUT2D eigenvalue weighted by Crippen LogP contribution is -2.53. The second kappa shape index (κ2) is 6.89. The van der Waals surface area contributed by atoms with Gasteiger partial charge in [-0.3, -0.25) is 0 Å². The van der Waals surface area contributed by atoms with Crippen LogP contribution in [0.1, 0.15) is 36.8 Å². The minimum Gasteiger partial charge on any atom is -0.394 e. The molecule has 0 saturated heterocycles. The van der Waals surface area contributed by atoms with Gasteiger partial charge in [0.15, 0.2) is 0 Å². The van der Waals surface area contributed by atoms with Crippen molar-refractivity contribution in [1.82, 2.24) is 10.6 Å². The van der Waals surface area contributed by atoms with Crippen molar-refractivity contribution in [1.29, 1.82) is 0 Å². The molecule has 0 atom stereocenters. The van der Waals surface area contributed by atoms with E-state index in [4.69, 9.17) is 0 Å². The average molecular weight is 294 g/mol. The SMILES string of the molecule is Cc1cc(F)ccc1CCNC(=O)NC1(CO)CCCC1. The van der Waals surface area contributed by atoms with Crippen LogP contribution in [0, 0.1) is 12.7 Å². The van der Waals surface area contributed by atoms with E-state index < -0.39 is 5.54 Å². The summed E-state index contributed by atoms with van der Waals surface area (Å²) in [4.78, 5) is 11.9. The second-order valence-electron chi connectivity index (χ2n) is 5.85. The van der Waals surface area contributed by atoms with Gasteiger partial charge in [-0.2, -0.15) is 0 Å². The summed E-state index contributed by atoms with van der Waals surface area (Å²) in [6.45, 7) is 2.33. The van der Waals surface area contributed by atoms with Gasteiger partial charge >= 0.3 is 6.03 Å². The van der Waals surface area contributed by atoms with Crippen molar-refractivity contribution < 1.29 is 14.3 Å². The number of rotatable bonds is 5. The van der Waals surface area contributed by atoms with Crippen molar-refractivity contribution in [3.05, 3.63) is 35.1 Å². The molecule has 0 spiro atoms. The van der Waals surface area contributed by atoms with Crippen molar-refractivity contribution in [3.8, 4) is 0 Å². The van der Waals surface area contributed by atoms with Crippen LogP contribution in [0.5, 0.6) is 0 Å². The quantitative estimate of drug-likeness (QED) is 0.780. The molecule has 0 aliphatic heterocycles. The van der Waals surface area contributed by atoms with Crippen molar-refractivity contribution in [2.45, 2.75) is 44.6 Å². The highest BCUT2D eigenvalue weighted by atomic mass is 19.1. The van der Waals surface area contributed by atoms with Crippen LogP contribution in [0.3, 0.4) is 0 Å². The fourth-order valence-corrected chi connectivity index (χ4v) is 2.91. The number of amides is 2. The van der Waals surface area contributed by atoms with Gasteiger partial charge in [0.05, 0.1) is 12.1 Å². The highest BCUT2D eigenvalue weighted by Gasteiger charge is 2.34. The lowest BCUT2D eigenvalue weighted by Gasteiger charge is -2.28. The molecule has 0 radical (unpaired) electrons. The highest BCUT2D eigenvalue weighted by Crippen LogP contribution is 2.28. The van der Waals surface area contributed by atoms with E-state index in [9.17, 15) is 14.3 Å². The third-order valence-electron chi connectivity index (χ3n) is 4.23. The van der Waals surface area contributed by atoms with Crippen molar-refractivity contribution in [2.75, 3.05) is 13.2 Å². The van der Waals surface area contributed by atoms with Gasteiger partial charge in [0.25, 0.3) is 0 Å². The molecule has 2 rings (SSSR count). The van der Waals surface area contributed by atoms with Gasteiger partial charge in [0, 0.05) is 6.54 Å². The lowest BCUT2D eigenvalue weighted by atomic mass is 9.99. The maximum Gasteiger partial charge on any atom is 0.315 e. The van der Waals surface area contributed by atoms with Gasteiger partial charge in [-0.05, 0) is 49.4 Å². The molecular formula is C16H23FN2O2. The maximum atomic E-state index is 13.0. The summed E-state index contributed by atoms with van der Waals surface area (Å²) in [6.07, 6.45) is 4.39. The summed E-state index contributed by atoms with van der Waals surface area (Å²) in [5.74, 6) is -0.243. The lowest BCUT2D eigenvalue weighted by molar-refractivity contribution is 0.163. The van der Waals surface area contributed by atoms with Crippen LogP contribution in [0.25, 0.3) is 0 Å². The number of halogens is 1. The van der Waals surface area contributed by atoms with Crippen LogP contribution >= 0.6 is 0 Å². The van der Waals surface area contributed by atoms with E-state index in [-0.39, 0.29) is 18.5 Å². The summed E-state index contributed by atoms with van der Waals surface area (Å²) in [5, 5.41) is 15.1. The standard InChI is InChI=1S/C16H23FN2O2/c1-12-10-14(17)5-4-13(12)6-9-18-15(21)19-16(11-20)7-2-3-8-16/h4-5,10,20H,2-3,6-9,11H2,1H3,(H2,18,19,21). The number of carbonyl (C=O) groups excluding carboxylic acids is 1. The van der Waals surface area contributed by atoms with Crippen LogP contribution in [-0.2, 0) is 6.42 Å². The molecule has 2 amide bonds. The monoisotopic (exact) mass is 294 g/mol. The van der Waals surface area contributed by atoms with Crippen molar-refractivity contribution in [3.63, 3.8) is 0 Å². The van der Waals surface area contributed by atoms with E-state index in [2.05, 4.69) is 10.6 Å². The van der Waals surface area contributed by atoms with E-state index >= 15 is 0 Å². The van der Waals surface area contributed by atoms with E-state index in [1.165, 1.54) is 12.1 Å². The van der Waals surface area contributed by atoms with Gasteiger partial charge in [-0.25, -0.2) is 9.18 Å². The number of hydrogen-bond donors (Lipinski definition) is 3. The van der Waals surface area contributed by atoms with Crippen LogP contribution in [0.4, 0.5) is 9.18 Å². The van der Waals surface area contributed by atoms with Crippen LogP contribution in [-0.4, -0.2) is 29.8 Å². The molecule has 1 aliphatic carbocycles. The van der Waals surface area contributed by atoms with E-state index in [1.54, 1.807) is 6.07 Å². The first kappa shape index (κ1) is 15.8. The molecule has 0 heterocycles. The molecule has 1 aliphatic rings. The van der Waals surface area contributed by atoms with Crippen molar-refractivity contribution >= 4 is 6.03 Å². The first-order valence-electron chi connectivity index (χ1n) is 7.47. The van der Waals surface area contributed by atoms with Gasteiger partial charge < -0.3 is 15.7 Å². The molecule has 21 heavy (non-hydrogen) atoms. The second-order valence-corrected chi connectivity index (χ2v) is 5.85. The van der Waals surface area contributed by atoms with Gasteiger partial charge in [0.2, 0.25) is 0 Å². The first-order valence-corrected chi connectivity index (χ1v) is 7.47. The predicted octanol–water partition coefficient (Wildman–Crippen LogP) is 2.28. The average Bonchev–Trinajstić information content (AvgIpc) is 2.90. The zero-order valence-corrected chi connectivity index (χ0v) is 12.4. The summed E-state index contributed by atoms with van der Waals surface area (Å²) in [6, 6.07) is 4.43. The summed E-state index contributed by atoms with van der Waals surface area (Å²) in [7, 11) is 0. The zero-order chi connectivity index (χ0) is 15.3. The molecule has 0 bridgehead atoms. The molecule has 1 saturated carbocycles. The number of aliphatic hydroxyl groups excluding tert-OH is 1. The molecule has 0 aromatic heterocycles. The molecular weight excluding hydrogens is 271 g/mol. The van der Waals surface area contributed by atoms with E-state index in [0.717, 1.165) is 36.8 Å². The largest absolute Gasteiger partial charge is 0.394 e. The summed E-state index contributed by atoms with van der Waals surface area (Å²) >= 11 is 0. The maximum absolute atomic E-state index is 13.0. The van der Waals surface area contributed by atoms with Crippen LogP contribution in [0.2, 0.25) is 0 Å². The first-order chi connectivity index (χ1) is 10.0. The fraction of sp³-hybridized carbons (Fsp3) is 0.562. The summed E-state index contributed by atoms with van der Waals surface area (Å²) in [5.41, 5.74) is 1.46. The molecule has 3 N–H and O–H groups in total. The number of benzene rings is 1. The Bertz CT molecular complexity index is 499. The smallest absolute Gasteiger partial charge is 0.315 e. The third-order valence-corrected chi connectivity index (χ3v) is 4.23. The van der Waals surface area contributed by atoms with Gasteiger partial charge in [-0.1, -0.05) is 18.9 Å². The summed E-state index contributed by atoms with van der Waals surface area (Å²) < 4.78 is 13.0. The topological polar surface area (TPSA) is 61.4 Å². The third kappa shape index (κ3) is 4.17. The number of urea groups is 1. The fourth-order valence-electron chi connectivity index (χ4n) is 2.91. The molecule has 116 valence electrons.